The number of aryl methyl sites for hydroxylation is 1. The van der Waals surface area contributed by atoms with Gasteiger partial charge in [-0.1, -0.05) is 38.8 Å². The molecule has 3 atom stereocenters. The van der Waals surface area contributed by atoms with E-state index in [0.717, 1.165) is 23.0 Å². The van der Waals surface area contributed by atoms with Gasteiger partial charge in [-0.15, -0.1) is 0 Å². The summed E-state index contributed by atoms with van der Waals surface area (Å²) in [6, 6.07) is 6.42. The molecule has 0 bridgehead atoms. The minimum Gasteiger partial charge on any atom is -0.307 e. The zero-order valence-corrected chi connectivity index (χ0v) is 14.0. The molecule has 2 rings (SSSR count). The van der Waals surface area contributed by atoms with Gasteiger partial charge < -0.3 is 5.32 Å². The molecule has 1 saturated carbocycles. The smallest absolute Gasteiger partial charge is 0.126 e. The lowest BCUT2D eigenvalue weighted by atomic mass is 9.81. The van der Waals surface area contributed by atoms with Gasteiger partial charge in [-0.2, -0.15) is 0 Å². The average Bonchev–Trinajstić information content (AvgIpc) is 2.41. The van der Waals surface area contributed by atoms with Crippen LogP contribution in [0.2, 0.25) is 0 Å². The fourth-order valence-electron chi connectivity index (χ4n) is 3.65. The summed E-state index contributed by atoms with van der Waals surface area (Å²) in [6.07, 6.45) is 6.57. The van der Waals surface area contributed by atoms with Crippen LogP contribution in [0.3, 0.4) is 0 Å². The van der Waals surface area contributed by atoms with Crippen molar-refractivity contribution in [3.05, 3.63) is 35.1 Å². The van der Waals surface area contributed by atoms with Gasteiger partial charge in [-0.05, 0) is 62.1 Å². The summed E-state index contributed by atoms with van der Waals surface area (Å²) < 4.78 is 13.7. The van der Waals surface area contributed by atoms with Crippen molar-refractivity contribution in [3.8, 4) is 0 Å². The van der Waals surface area contributed by atoms with Gasteiger partial charge in [0.1, 0.15) is 5.82 Å². The van der Waals surface area contributed by atoms with Crippen LogP contribution in [0, 0.1) is 24.6 Å². The second-order valence-electron chi connectivity index (χ2n) is 7.26. The summed E-state index contributed by atoms with van der Waals surface area (Å²) in [5.74, 6) is 1.55. The van der Waals surface area contributed by atoms with E-state index in [4.69, 9.17) is 0 Å². The van der Waals surface area contributed by atoms with Crippen LogP contribution in [0.4, 0.5) is 4.39 Å². The maximum Gasteiger partial charge on any atom is 0.126 e. The molecule has 1 fully saturated rings. The fraction of sp³-hybridized carbons (Fsp3) is 0.684. The maximum absolute atomic E-state index is 13.7. The Bertz CT molecular complexity index is 455. The zero-order chi connectivity index (χ0) is 15.4. The van der Waals surface area contributed by atoms with Gasteiger partial charge in [-0.3, -0.25) is 0 Å². The van der Waals surface area contributed by atoms with Crippen LogP contribution in [-0.4, -0.2) is 6.04 Å². The van der Waals surface area contributed by atoms with Gasteiger partial charge in [-0.25, -0.2) is 4.39 Å². The van der Waals surface area contributed by atoms with Gasteiger partial charge in [0.05, 0.1) is 0 Å². The first-order chi connectivity index (χ1) is 9.95. The van der Waals surface area contributed by atoms with E-state index in [1.807, 2.05) is 19.1 Å². The molecular formula is C19H30FN. The van der Waals surface area contributed by atoms with E-state index in [-0.39, 0.29) is 11.9 Å². The lowest BCUT2D eigenvalue weighted by molar-refractivity contribution is 0.242. The van der Waals surface area contributed by atoms with Crippen molar-refractivity contribution in [2.75, 3.05) is 0 Å². The largest absolute Gasteiger partial charge is 0.307 e. The Morgan fingerprint density at radius 1 is 1.24 bits per heavy atom. The van der Waals surface area contributed by atoms with Crippen LogP contribution in [-0.2, 0) is 0 Å². The third-order valence-electron chi connectivity index (χ3n) is 4.77. The predicted molar refractivity (Wildman–Crippen MR) is 87.9 cm³/mol. The van der Waals surface area contributed by atoms with Crippen molar-refractivity contribution in [2.24, 2.45) is 11.8 Å². The molecule has 1 aliphatic carbocycles. The number of halogens is 1. The van der Waals surface area contributed by atoms with Crippen molar-refractivity contribution in [1.29, 1.82) is 0 Å². The van der Waals surface area contributed by atoms with Crippen molar-refractivity contribution in [2.45, 2.75) is 71.9 Å². The Balaban J connectivity index is 1.92. The quantitative estimate of drug-likeness (QED) is 0.767. The molecule has 21 heavy (non-hydrogen) atoms. The van der Waals surface area contributed by atoms with Crippen LogP contribution >= 0.6 is 0 Å². The molecule has 0 aromatic heterocycles. The second kappa shape index (κ2) is 7.40. The minimum absolute atomic E-state index is 0.0949. The summed E-state index contributed by atoms with van der Waals surface area (Å²) in [7, 11) is 0. The first-order valence-electron chi connectivity index (χ1n) is 8.47. The third kappa shape index (κ3) is 4.81. The molecule has 2 heteroatoms. The molecule has 3 unspecified atom stereocenters. The minimum atomic E-state index is -0.0949. The van der Waals surface area contributed by atoms with Crippen molar-refractivity contribution in [1.82, 2.24) is 5.32 Å². The summed E-state index contributed by atoms with van der Waals surface area (Å²) in [4.78, 5) is 0. The molecule has 1 aliphatic rings. The van der Waals surface area contributed by atoms with E-state index in [1.54, 1.807) is 6.07 Å². The number of benzene rings is 1. The normalized spacial score (nSPS) is 24.3. The number of hydrogen-bond donors (Lipinski definition) is 1. The van der Waals surface area contributed by atoms with Crippen LogP contribution < -0.4 is 5.32 Å². The van der Waals surface area contributed by atoms with Crippen LogP contribution in [0.25, 0.3) is 0 Å². The van der Waals surface area contributed by atoms with Crippen LogP contribution in [0.5, 0.6) is 0 Å². The molecule has 1 aromatic carbocycles. The van der Waals surface area contributed by atoms with E-state index in [2.05, 4.69) is 26.1 Å². The molecule has 0 radical (unpaired) electrons. The molecule has 0 amide bonds. The molecule has 0 aliphatic heterocycles. The molecular weight excluding hydrogens is 261 g/mol. The van der Waals surface area contributed by atoms with Crippen molar-refractivity contribution in [3.63, 3.8) is 0 Å². The molecule has 118 valence electrons. The zero-order valence-electron chi connectivity index (χ0n) is 14.0. The topological polar surface area (TPSA) is 12.0 Å². The van der Waals surface area contributed by atoms with E-state index in [9.17, 15) is 4.39 Å². The Labute approximate surface area is 129 Å². The molecule has 0 saturated heterocycles. The number of hydrogen-bond acceptors (Lipinski definition) is 1. The number of nitrogens with one attached hydrogen (secondary N) is 1. The first-order valence-corrected chi connectivity index (χ1v) is 8.47. The van der Waals surface area contributed by atoms with Gasteiger partial charge in [0.25, 0.3) is 0 Å². The van der Waals surface area contributed by atoms with Crippen molar-refractivity contribution >= 4 is 0 Å². The summed E-state index contributed by atoms with van der Waals surface area (Å²) in [5, 5.41) is 3.72. The Morgan fingerprint density at radius 3 is 2.67 bits per heavy atom. The van der Waals surface area contributed by atoms with Crippen LogP contribution in [0.15, 0.2) is 18.2 Å². The number of rotatable bonds is 5. The Morgan fingerprint density at radius 2 is 2.00 bits per heavy atom. The summed E-state index contributed by atoms with van der Waals surface area (Å²) >= 11 is 0. The lowest BCUT2D eigenvalue weighted by Crippen LogP contribution is -2.36. The molecule has 0 heterocycles. The van der Waals surface area contributed by atoms with E-state index in [1.165, 1.54) is 32.1 Å². The maximum atomic E-state index is 13.7. The summed E-state index contributed by atoms with van der Waals surface area (Å²) in [5.41, 5.74) is 1.78. The van der Waals surface area contributed by atoms with Gasteiger partial charge in [0, 0.05) is 12.1 Å². The van der Waals surface area contributed by atoms with Gasteiger partial charge >= 0.3 is 0 Å². The average molecular weight is 291 g/mol. The molecule has 1 aromatic rings. The standard InChI is InChI=1S/C19H30FN/c1-13(2)10-16-6-5-7-18(11-16)21-15(4)17-9-8-14(3)19(20)12-17/h8-9,12-13,15-16,18,21H,5-7,10-11H2,1-4H3. The highest BCUT2D eigenvalue weighted by Crippen LogP contribution is 2.30. The highest BCUT2D eigenvalue weighted by molar-refractivity contribution is 5.25. The van der Waals surface area contributed by atoms with E-state index >= 15 is 0 Å². The molecule has 0 spiro atoms. The second-order valence-corrected chi connectivity index (χ2v) is 7.26. The summed E-state index contributed by atoms with van der Waals surface area (Å²) in [6.45, 7) is 8.59. The SMILES string of the molecule is Cc1ccc(C(C)NC2CCCC(CC(C)C)C2)cc1F. The van der Waals surface area contributed by atoms with Crippen molar-refractivity contribution < 1.29 is 4.39 Å². The fourth-order valence-corrected chi connectivity index (χ4v) is 3.65. The van der Waals surface area contributed by atoms with Gasteiger partial charge in [0.15, 0.2) is 0 Å². The predicted octanol–water partition coefficient (Wildman–Crippen LogP) is 5.39. The van der Waals surface area contributed by atoms with E-state index < -0.39 is 0 Å². The van der Waals surface area contributed by atoms with E-state index in [0.29, 0.717) is 6.04 Å². The molecule has 1 N–H and O–H groups in total. The third-order valence-corrected chi connectivity index (χ3v) is 4.77. The van der Waals surface area contributed by atoms with Gasteiger partial charge in [0.2, 0.25) is 0 Å². The Kier molecular flexibility index (Phi) is 5.80. The van der Waals surface area contributed by atoms with Crippen LogP contribution in [0.1, 0.15) is 70.0 Å². The lowest BCUT2D eigenvalue weighted by Gasteiger charge is -2.33. The monoisotopic (exact) mass is 291 g/mol. The molecule has 1 nitrogen and oxygen atoms in total. The highest BCUT2D eigenvalue weighted by Gasteiger charge is 2.23. The Hall–Kier alpha value is -0.890. The highest BCUT2D eigenvalue weighted by atomic mass is 19.1. The first kappa shape index (κ1) is 16.5.